The van der Waals surface area contributed by atoms with Gasteiger partial charge in [-0.25, -0.2) is 9.97 Å². The van der Waals surface area contributed by atoms with E-state index in [9.17, 15) is 0 Å². The van der Waals surface area contributed by atoms with Crippen molar-refractivity contribution >= 4 is 38.1 Å². The molecule has 26 heavy (non-hydrogen) atoms. The molecule has 132 valence electrons. The Morgan fingerprint density at radius 1 is 0.962 bits per heavy atom. The maximum atomic E-state index is 4.89. The van der Waals surface area contributed by atoms with Crippen molar-refractivity contribution < 1.29 is 0 Å². The average Bonchev–Trinajstić information content (AvgIpc) is 2.98. The number of anilines is 1. The Labute approximate surface area is 157 Å². The van der Waals surface area contributed by atoms with Gasteiger partial charge in [0.05, 0.1) is 10.4 Å². The Morgan fingerprint density at radius 2 is 1.69 bits per heavy atom. The summed E-state index contributed by atoms with van der Waals surface area (Å²) in [5.41, 5.74) is 2.22. The fourth-order valence-electron chi connectivity index (χ4n) is 3.10. The van der Waals surface area contributed by atoms with E-state index in [0.29, 0.717) is 0 Å². The zero-order valence-electron chi connectivity index (χ0n) is 15.3. The van der Waals surface area contributed by atoms with Crippen LogP contribution in [0.2, 0.25) is 0 Å². The lowest BCUT2D eigenvalue weighted by atomic mass is 10.1. The Bertz CT molecular complexity index is 1070. The van der Waals surface area contributed by atoms with Crippen molar-refractivity contribution in [3.05, 3.63) is 54.1 Å². The zero-order valence-corrected chi connectivity index (χ0v) is 16.1. The van der Waals surface area contributed by atoms with Gasteiger partial charge in [-0.1, -0.05) is 30.3 Å². The first-order valence-corrected chi connectivity index (χ1v) is 9.59. The third kappa shape index (κ3) is 3.16. The monoisotopic (exact) mass is 362 g/mol. The van der Waals surface area contributed by atoms with Gasteiger partial charge >= 0.3 is 0 Å². The first-order chi connectivity index (χ1) is 12.6. The SMILES string of the molecule is Cc1c(-c2nc(NCCN(C)C)c3ccccc3n2)sc2ccccc12. The second kappa shape index (κ2) is 7.02. The number of para-hydroxylation sites is 1. The average molecular weight is 363 g/mol. The Hall–Kier alpha value is -2.50. The van der Waals surface area contributed by atoms with Crippen LogP contribution in [-0.2, 0) is 0 Å². The number of nitrogens with one attached hydrogen (secondary N) is 1. The Balaban J connectivity index is 1.83. The number of thiophene rings is 1. The van der Waals surface area contributed by atoms with E-state index in [0.717, 1.165) is 40.5 Å². The van der Waals surface area contributed by atoms with Crippen molar-refractivity contribution in [2.75, 3.05) is 32.5 Å². The first kappa shape index (κ1) is 16.9. The van der Waals surface area contributed by atoms with Gasteiger partial charge in [0.15, 0.2) is 5.82 Å². The fraction of sp³-hybridized carbons (Fsp3) is 0.238. The molecule has 2 aromatic heterocycles. The summed E-state index contributed by atoms with van der Waals surface area (Å²) in [6.45, 7) is 3.96. The largest absolute Gasteiger partial charge is 0.368 e. The minimum Gasteiger partial charge on any atom is -0.368 e. The summed E-state index contributed by atoms with van der Waals surface area (Å²) in [5, 5.41) is 5.84. The number of rotatable bonds is 5. The fourth-order valence-corrected chi connectivity index (χ4v) is 4.24. The van der Waals surface area contributed by atoms with Crippen LogP contribution in [0, 0.1) is 6.92 Å². The molecule has 0 bridgehead atoms. The van der Waals surface area contributed by atoms with E-state index in [-0.39, 0.29) is 0 Å². The molecular weight excluding hydrogens is 340 g/mol. The van der Waals surface area contributed by atoms with E-state index in [2.05, 4.69) is 67.6 Å². The normalized spacial score (nSPS) is 11.5. The number of aromatic nitrogens is 2. The highest BCUT2D eigenvalue weighted by Crippen LogP contribution is 2.37. The number of hydrogen-bond donors (Lipinski definition) is 1. The number of nitrogens with zero attached hydrogens (tertiary/aromatic N) is 3. The molecule has 0 aliphatic rings. The molecule has 4 nitrogen and oxygen atoms in total. The maximum absolute atomic E-state index is 4.89. The van der Waals surface area contributed by atoms with Crippen molar-refractivity contribution in [2.45, 2.75) is 6.92 Å². The molecule has 0 spiro atoms. The molecule has 0 aliphatic carbocycles. The second-order valence-electron chi connectivity index (χ2n) is 6.70. The molecule has 2 aromatic carbocycles. The van der Waals surface area contributed by atoms with Crippen LogP contribution in [0.25, 0.3) is 31.7 Å². The van der Waals surface area contributed by atoms with Gasteiger partial charge in [-0.3, -0.25) is 0 Å². The van der Waals surface area contributed by atoms with Crippen molar-refractivity contribution in [1.82, 2.24) is 14.9 Å². The number of fused-ring (bicyclic) bond motifs is 2. The highest BCUT2D eigenvalue weighted by molar-refractivity contribution is 7.22. The summed E-state index contributed by atoms with van der Waals surface area (Å²) in [6.07, 6.45) is 0. The topological polar surface area (TPSA) is 41.1 Å². The van der Waals surface area contributed by atoms with Crippen molar-refractivity contribution in [3.8, 4) is 10.7 Å². The number of hydrogen-bond acceptors (Lipinski definition) is 5. The molecule has 0 unspecified atom stereocenters. The van der Waals surface area contributed by atoms with Crippen LogP contribution in [0.3, 0.4) is 0 Å². The Kier molecular flexibility index (Phi) is 4.57. The predicted octanol–water partition coefficient (Wildman–Crippen LogP) is 4.79. The number of aryl methyl sites for hydroxylation is 1. The van der Waals surface area contributed by atoms with Gasteiger partial charge in [-0.15, -0.1) is 11.3 Å². The first-order valence-electron chi connectivity index (χ1n) is 8.77. The summed E-state index contributed by atoms with van der Waals surface area (Å²) in [5.74, 6) is 1.71. The van der Waals surface area contributed by atoms with Crippen LogP contribution in [0.15, 0.2) is 48.5 Å². The molecule has 4 rings (SSSR count). The van der Waals surface area contributed by atoms with Gasteiger partial charge in [0.2, 0.25) is 0 Å². The van der Waals surface area contributed by atoms with Gasteiger partial charge in [0.1, 0.15) is 5.82 Å². The molecule has 2 heterocycles. The van der Waals surface area contributed by atoms with Gasteiger partial charge in [0.25, 0.3) is 0 Å². The van der Waals surface area contributed by atoms with Crippen LogP contribution in [0.1, 0.15) is 5.56 Å². The molecule has 0 aliphatic heterocycles. The summed E-state index contributed by atoms with van der Waals surface area (Å²) in [7, 11) is 4.15. The lowest BCUT2D eigenvalue weighted by Crippen LogP contribution is -2.21. The molecule has 0 fully saturated rings. The van der Waals surface area contributed by atoms with E-state index >= 15 is 0 Å². The molecular formula is C21H22N4S. The van der Waals surface area contributed by atoms with E-state index in [1.165, 1.54) is 15.6 Å². The number of benzene rings is 2. The van der Waals surface area contributed by atoms with Crippen LogP contribution < -0.4 is 5.32 Å². The smallest absolute Gasteiger partial charge is 0.172 e. The van der Waals surface area contributed by atoms with Crippen LogP contribution in [0.5, 0.6) is 0 Å². The maximum Gasteiger partial charge on any atom is 0.172 e. The number of likely N-dealkylation sites (N-methyl/N-ethyl adjacent to an activating group) is 1. The van der Waals surface area contributed by atoms with E-state index in [4.69, 9.17) is 9.97 Å². The highest BCUT2D eigenvalue weighted by atomic mass is 32.1. The van der Waals surface area contributed by atoms with Crippen molar-refractivity contribution in [1.29, 1.82) is 0 Å². The molecule has 4 aromatic rings. The summed E-state index contributed by atoms with van der Waals surface area (Å²) >= 11 is 1.76. The van der Waals surface area contributed by atoms with E-state index < -0.39 is 0 Å². The molecule has 0 saturated heterocycles. The van der Waals surface area contributed by atoms with Crippen LogP contribution in [-0.4, -0.2) is 42.1 Å². The van der Waals surface area contributed by atoms with Gasteiger partial charge < -0.3 is 10.2 Å². The second-order valence-corrected chi connectivity index (χ2v) is 7.75. The minimum atomic E-state index is 0.801. The lowest BCUT2D eigenvalue weighted by Gasteiger charge is -2.13. The molecule has 0 amide bonds. The Morgan fingerprint density at radius 3 is 2.46 bits per heavy atom. The van der Waals surface area contributed by atoms with Crippen LogP contribution >= 0.6 is 11.3 Å². The van der Waals surface area contributed by atoms with Gasteiger partial charge in [0, 0.05) is 23.2 Å². The van der Waals surface area contributed by atoms with Gasteiger partial charge in [-0.05, 0) is 50.2 Å². The molecule has 0 saturated carbocycles. The van der Waals surface area contributed by atoms with E-state index in [1.807, 2.05) is 12.1 Å². The third-order valence-corrected chi connectivity index (χ3v) is 5.77. The molecule has 1 N–H and O–H groups in total. The molecule has 5 heteroatoms. The van der Waals surface area contributed by atoms with Gasteiger partial charge in [-0.2, -0.15) is 0 Å². The molecule has 0 atom stereocenters. The zero-order chi connectivity index (χ0) is 18.1. The summed E-state index contributed by atoms with van der Waals surface area (Å²) < 4.78 is 1.28. The molecule has 0 radical (unpaired) electrons. The predicted molar refractivity (Wildman–Crippen MR) is 112 cm³/mol. The van der Waals surface area contributed by atoms with Crippen molar-refractivity contribution in [3.63, 3.8) is 0 Å². The highest BCUT2D eigenvalue weighted by Gasteiger charge is 2.15. The summed E-state index contributed by atoms with van der Waals surface area (Å²) in [6, 6.07) is 16.7. The third-order valence-electron chi connectivity index (χ3n) is 4.50. The lowest BCUT2D eigenvalue weighted by molar-refractivity contribution is 0.425. The van der Waals surface area contributed by atoms with Crippen LogP contribution in [0.4, 0.5) is 5.82 Å². The van der Waals surface area contributed by atoms with E-state index in [1.54, 1.807) is 11.3 Å². The standard InChI is InChI=1S/C21H22N4S/c1-14-15-8-5-7-11-18(15)26-19(14)21-23-17-10-6-4-9-16(17)20(24-21)22-12-13-25(2)3/h4-11H,12-13H2,1-3H3,(H,22,23,24). The minimum absolute atomic E-state index is 0.801. The van der Waals surface area contributed by atoms with Crippen molar-refractivity contribution in [2.24, 2.45) is 0 Å². The summed E-state index contributed by atoms with van der Waals surface area (Å²) in [4.78, 5) is 13.1. The quantitative estimate of drug-likeness (QED) is 0.554.